The van der Waals surface area contributed by atoms with E-state index in [1.807, 2.05) is 19.9 Å². The summed E-state index contributed by atoms with van der Waals surface area (Å²) in [5, 5.41) is 3.46. The topological polar surface area (TPSA) is 64.3 Å². The van der Waals surface area contributed by atoms with Crippen molar-refractivity contribution in [1.29, 1.82) is 0 Å². The Kier molecular flexibility index (Phi) is 4.33. The molecule has 0 radical (unpaired) electrons. The smallest absolute Gasteiger partial charge is 0.224 e. The molecule has 1 atom stereocenters. The number of nitrogens with two attached hydrogens (primary N) is 1. The molecular formula is C16H24N2O2. The fraction of sp³-hybridized carbons (Fsp3) is 0.562. The van der Waals surface area contributed by atoms with E-state index in [0.29, 0.717) is 6.54 Å². The Balaban J connectivity index is 2.07. The number of carbonyl (C=O) groups excluding carboxylic acids is 1. The van der Waals surface area contributed by atoms with Crippen LogP contribution in [0.15, 0.2) is 18.2 Å². The van der Waals surface area contributed by atoms with Crippen LogP contribution < -0.4 is 15.8 Å². The highest BCUT2D eigenvalue weighted by Crippen LogP contribution is 2.29. The monoisotopic (exact) mass is 276 g/mol. The molecule has 0 unspecified atom stereocenters. The van der Waals surface area contributed by atoms with Gasteiger partial charge in [-0.15, -0.1) is 0 Å². The maximum atomic E-state index is 11.4. The predicted molar refractivity (Wildman–Crippen MR) is 79.7 cm³/mol. The number of rotatable bonds is 6. The van der Waals surface area contributed by atoms with Crippen LogP contribution in [-0.2, 0) is 11.2 Å². The van der Waals surface area contributed by atoms with E-state index in [-0.39, 0.29) is 11.9 Å². The summed E-state index contributed by atoms with van der Waals surface area (Å²) in [5.74, 6) is 0.725. The number of primary amides is 1. The number of benzene rings is 1. The van der Waals surface area contributed by atoms with E-state index in [2.05, 4.69) is 24.4 Å². The molecule has 0 spiro atoms. The first-order valence-electron chi connectivity index (χ1n) is 7.23. The van der Waals surface area contributed by atoms with Gasteiger partial charge in [0.15, 0.2) is 0 Å². The predicted octanol–water partition coefficient (Wildman–Crippen LogP) is 2.17. The van der Waals surface area contributed by atoms with Gasteiger partial charge in [-0.2, -0.15) is 0 Å². The maximum absolute atomic E-state index is 11.4. The van der Waals surface area contributed by atoms with Gasteiger partial charge in [0.25, 0.3) is 0 Å². The van der Waals surface area contributed by atoms with Crippen molar-refractivity contribution in [2.24, 2.45) is 11.1 Å². The standard InChI is InChI=1S/C16H24N2O2/c1-4-13(18-10-16(2,3)15(17)19)11-5-6-14-12(9-11)7-8-20-14/h5-6,9,13,18H,4,7-8,10H2,1-3H3,(H2,17,19)/t13-/m0/s1. The van der Waals surface area contributed by atoms with Crippen molar-refractivity contribution in [3.05, 3.63) is 29.3 Å². The number of hydrogen-bond acceptors (Lipinski definition) is 3. The van der Waals surface area contributed by atoms with Gasteiger partial charge in [0.2, 0.25) is 5.91 Å². The number of fused-ring (bicyclic) bond motifs is 1. The Hall–Kier alpha value is -1.55. The summed E-state index contributed by atoms with van der Waals surface area (Å²) in [4.78, 5) is 11.4. The second-order valence-electron chi connectivity index (χ2n) is 6.06. The molecule has 4 heteroatoms. The van der Waals surface area contributed by atoms with Crippen molar-refractivity contribution < 1.29 is 9.53 Å². The minimum Gasteiger partial charge on any atom is -0.493 e. The zero-order valence-electron chi connectivity index (χ0n) is 12.5. The van der Waals surface area contributed by atoms with E-state index in [1.54, 1.807) is 0 Å². The van der Waals surface area contributed by atoms with Gasteiger partial charge in [-0.3, -0.25) is 4.79 Å². The molecule has 4 nitrogen and oxygen atoms in total. The summed E-state index contributed by atoms with van der Waals surface area (Å²) in [5.41, 5.74) is 7.40. The van der Waals surface area contributed by atoms with Crippen molar-refractivity contribution in [3.63, 3.8) is 0 Å². The lowest BCUT2D eigenvalue weighted by molar-refractivity contribution is -0.125. The van der Waals surface area contributed by atoms with Gasteiger partial charge in [0, 0.05) is 19.0 Å². The van der Waals surface area contributed by atoms with Crippen LogP contribution in [0.4, 0.5) is 0 Å². The average molecular weight is 276 g/mol. The summed E-state index contributed by atoms with van der Waals surface area (Å²) >= 11 is 0. The van der Waals surface area contributed by atoms with Gasteiger partial charge in [0.05, 0.1) is 12.0 Å². The molecule has 1 amide bonds. The molecule has 1 aromatic carbocycles. The van der Waals surface area contributed by atoms with Crippen LogP contribution in [0.5, 0.6) is 5.75 Å². The first-order chi connectivity index (χ1) is 9.44. The molecule has 3 N–H and O–H groups in total. The summed E-state index contributed by atoms with van der Waals surface area (Å²) < 4.78 is 5.53. The van der Waals surface area contributed by atoms with Crippen LogP contribution in [0.1, 0.15) is 44.4 Å². The number of ether oxygens (including phenoxy) is 1. The Labute approximate surface area is 120 Å². The van der Waals surface area contributed by atoms with Gasteiger partial charge in [0.1, 0.15) is 5.75 Å². The van der Waals surface area contributed by atoms with E-state index in [1.165, 1.54) is 11.1 Å². The largest absolute Gasteiger partial charge is 0.493 e. The van der Waals surface area contributed by atoms with Crippen molar-refractivity contribution >= 4 is 5.91 Å². The second kappa shape index (κ2) is 5.83. The normalized spacial score (nSPS) is 15.6. The molecule has 110 valence electrons. The lowest BCUT2D eigenvalue weighted by Gasteiger charge is -2.25. The number of carbonyl (C=O) groups is 1. The zero-order chi connectivity index (χ0) is 14.8. The van der Waals surface area contributed by atoms with Gasteiger partial charge in [-0.05, 0) is 37.5 Å². The summed E-state index contributed by atoms with van der Waals surface area (Å²) in [6.07, 6.45) is 1.95. The third kappa shape index (κ3) is 3.12. The molecule has 0 saturated carbocycles. The van der Waals surface area contributed by atoms with Crippen molar-refractivity contribution in [2.75, 3.05) is 13.2 Å². The first-order valence-corrected chi connectivity index (χ1v) is 7.23. The van der Waals surface area contributed by atoms with Crippen LogP contribution >= 0.6 is 0 Å². The highest BCUT2D eigenvalue weighted by Gasteiger charge is 2.26. The van der Waals surface area contributed by atoms with Crippen LogP contribution in [0.3, 0.4) is 0 Å². The Morgan fingerprint density at radius 3 is 2.90 bits per heavy atom. The Morgan fingerprint density at radius 2 is 2.25 bits per heavy atom. The number of hydrogen-bond donors (Lipinski definition) is 2. The van der Waals surface area contributed by atoms with Gasteiger partial charge < -0.3 is 15.8 Å². The third-order valence-corrected chi connectivity index (χ3v) is 3.98. The highest BCUT2D eigenvalue weighted by molar-refractivity contribution is 5.80. The minimum atomic E-state index is -0.534. The molecule has 2 rings (SSSR count). The highest BCUT2D eigenvalue weighted by atomic mass is 16.5. The minimum absolute atomic E-state index is 0.236. The first kappa shape index (κ1) is 14.9. The van der Waals surface area contributed by atoms with E-state index in [0.717, 1.165) is 25.2 Å². The fourth-order valence-electron chi connectivity index (χ4n) is 2.39. The van der Waals surface area contributed by atoms with Crippen molar-refractivity contribution in [1.82, 2.24) is 5.32 Å². The lowest BCUT2D eigenvalue weighted by Crippen LogP contribution is -2.41. The second-order valence-corrected chi connectivity index (χ2v) is 6.06. The van der Waals surface area contributed by atoms with Crippen LogP contribution in [-0.4, -0.2) is 19.1 Å². The van der Waals surface area contributed by atoms with Gasteiger partial charge >= 0.3 is 0 Å². The van der Waals surface area contributed by atoms with E-state index in [4.69, 9.17) is 10.5 Å². The van der Waals surface area contributed by atoms with Crippen LogP contribution in [0.25, 0.3) is 0 Å². The average Bonchev–Trinajstić information content (AvgIpc) is 2.86. The van der Waals surface area contributed by atoms with Crippen LogP contribution in [0.2, 0.25) is 0 Å². The molecule has 1 aromatic rings. The molecule has 0 aliphatic carbocycles. The molecule has 1 heterocycles. The zero-order valence-corrected chi connectivity index (χ0v) is 12.5. The molecule has 0 fully saturated rings. The van der Waals surface area contributed by atoms with Crippen molar-refractivity contribution in [3.8, 4) is 5.75 Å². The molecular weight excluding hydrogens is 252 g/mol. The fourth-order valence-corrected chi connectivity index (χ4v) is 2.39. The van der Waals surface area contributed by atoms with E-state index >= 15 is 0 Å². The number of amides is 1. The number of nitrogens with one attached hydrogen (secondary N) is 1. The SMILES string of the molecule is CC[C@H](NCC(C)(C)C(N)=O)c1ccc2c(c1)CCO2. The molecule has 0 aromatic heterocycles. The molecule has 0 saturated heterocycles. The summed E-state index contributed by atoms with van der Waals surface area (Å²) in [7, 11) is 0. The summed E-state index contributed by atoms with van der Waals surface area (Å²) in [6, 6.07) is 6.59. The van der Waals surface area contributed by atoms with Gasteiger partial charge in [-0.25, -0.2) is 0 Å². The summed E-state index contributed by atoms with van der Waals surface area (Å²) in [6.45, 7) is 7.22. The Bertz CT molecular complexity index is 497. The van der Waals surface area contributed by atoms with Crippen LogP contribution in [0, 0.1) is 5.41 Å². The molecule has 20 heavy (non-hydrogen) atoms. The van der Waals surface area contributed by atoms with E-state index < -0.39 is 5.41 Å². The Morgan fingerprint density at radius 1 is 1.50 bits per heavy atom. The quantitative estimate of drug-likeness (QED) is 0.837. The lowest BCUT2D eigenvalue weighted by atomic mass is 9.91. The third-order valence-electron chi connectivity index (χ3n) is 3.98. The molecule has 0 bridgehead atoms. The molecule has 1 aliphatic heterocycles. The molecule has 1 aliphatic rings. The van der Waals surface area contributed by atoms with Gasteiger partial charge in [-0.1, -0.05) is 19.1 Å². The maximum Gasteiger partial charge on any atom is 0.224 e. The van der Waals surface area contributed by atoms with Crippen molar-refractivity contribution in [2.45, 2.75) is 39.7 Å². The van der Waals surface area contributed by atoms with E-state index in [9.17, 15) is 4.79 Å².